The lowest BCUT2D eigenvalue weighted by Crippen LogP contribution is -2.55. The van der Waals surface area contributed by atoms with Crippen LogP contribution < -0.4 is 16.7 Å². The van der Waals surface area contributed by atoms with Crippen LogP contribution in [0, 0.1) is 11.3 Å². The van der Waals surface area contributed by atoms with Crippen molar-refractivity contribution in [3.8, 4) is 0 Å². The van der Waals surface area contributed by atoms with Crippen molar-refractivity contribution >= 4 is 11.9 Å². The summed E-state index contributed by atoms with van der Waals surface area (Å²) < 4.78 is 1.75. The van der Waals surface area contributed by atoms with Gasteiger partial charge in [-0.1, -0.05) is 0 Å². The van der Waals surface area contributed by atoms with Gasteiger partial charge < -0.3 is 21.1 Å². The fourth-order valence-electron chi connectivity index (χ4n) is 5.55. The number of aromatic nitrogens is 2. The fourth-order valence-corrected chi connectivity index (χ4v) is 5.55. The molecule has 3 fully saturated rings. The van der Waals surface area contributed by atoms with E-state index in [-0.39, 0.29) is 23.6 Å². The van der Waals surface area contributed by atoms with E-state index in [1.165, 1.54) is 12.8 Å². The molecule has 2 heterocycles. The molecule has 1 saturated heterocycles. The van der Waals surface area contributed by atoms with E-state index >= 15 is 0 Å². The lowest BCUT2D eigenvalue weighted by Gasteiger charge is -2.52. The van der Waals surface area contributed by atoms with Crippen molar-refractivity contribution in [1.82, 2.24) is 19.8 Å². The average molecular weight is 390 g/mol. The van der Waals surface area contributed by atoms with Gasteiger partial charge in [-0.25, -0.2) is 9.59 Å². The number of carboxylic acid groups (broad SMARTS) is 1. The molecule has 3 aliphatic rings. The molecule has 1 spiro atoms. The van der Waals surface area contributed by atoms with Crippen molar-refractivity contribution in [2.24, 2.45) is 11.3 Å². The summed E-state index contributed by atoms with van der Waals surface area (Å²) in [5, 5.41) is 11.5. The molecule has 1 aliphatic heterocycles. The summed E-state index contributed by atoms with van der Waals surface area (Å²) in [4.78, 5) is 29.2. The molecule has 1 aromatic rings. The normalized spacial score (nSPS) is 28.0. The SMILES string of the molecule is Nc1ccn(C2CCC(CN3CCC4(CC3)CC(NC(=O)O)C4)CC2)c(=O)n1. The molecule has 2 saturated carbocycles. The van der Waals surface area contributed by atoms with Gasteiger partial charge in [0.25, 0.3) is 0 Å². The summed E-state index contributed by atoms with van der Waals surface area (Å²) >= 11 is 0. The number of hydrogen-bond acceptors (Lipinski definition) is 5. The highest BCUT2D eigenvalue weighted by Gasteiger charge is 2.46. The van der Waals surface area contributed by atoms with Crippen LogP contribution >= 0.6 is 0 Å². The molecule has 4 rings (SSSR count). The Hall–Kier alpha value is -2.09. The topological polar surface area (TPSA) is 113 Å². The molecule has 0 atom stereocenters. The van der Waals surface area contributed by atoms with Crippen molar-refractivity contribution in [2.75, 3.05) is 25.4 Å². The van der Waals surface area contributed by atoms with Crippen LogP contribution in [0.4, 0.5) is 10.6 Å². The predicted molar refractivity (Wildman–Crippen MR) is 106 cm³/mol. The van der Waals surface area contributed by atoms with Gasteiger partial charge in [-0.2, -0.15) is 4.98 Å². The zero-order valence-electron chi connectivity index (χ0n) is 16.3. The zero-order valence-corrected chi connectivity index (χ0v) is 16.3. The zero-order chi connectivity index (χ0) is 19.7. The molecule has 4 N–H and O–H groups in total. The summed E-state index contributed by atoms with van der Waals surface area (Å²) in [6.07, 6.45) is 9.61. The molecule has 0 unspecified atom stereocenters. The number of amides is 1. The minimum atomic E-state index is -0.898. The maximum absolute atomic E-state index is 12.0. The van der Waals surface area contributed by atoms with E-state index in [0.717, 1.165) is 58.2 Å². The molecular formula is C20H31N5O3. The summed E-state index contributed by atoms with van der Waals surface area (Å²) in [5.74, 6) is 0.986. The number of piperidine rings is 1. The number of rotatable bonds is 4. The molecule has 8 heteroatoms. The highest BCUT2D eigenvalue weighted by atomic mass is 16.4. The molecule has 2 aliphatic carbocycles. The van der Waals surface area contributed by atoms with Gasteiger partial charge >= 0.3 is 11.8 Å². The van der Waals surface area contributed by atoms with Gasteiger partial charge in [-0.05, 0) is 81.9 Å². The monoisotopic (exact) mass is 389 g/mol. The largest absolute Gasteiger partial charge is 0.465 e. The molecule has 1 aromatic heterocycles. The number of nitrogens with two attached hydrogens (primary N) is 1. The summed E-state index contributed by atoms with van der Waals surface area (Å²) in [7, 11) is 0. The first-order valence-electron chi connectivity index (χ1n) is 10.5. The summed E-state index contributed by atoms with van der Waals surface area (Å²) in [6, 6.07) is 2.11. The molecule has 0 radical (unpaired) electrons. The quantitative estimate of drug-likeness (QED) is 0.726. The van der Waals surface area contributed by atoms with Crippen molar-refractivity contribution in [3.63, 3.8) is 0 Å². The first-order valence-corrected chi connectivity index (χ1v) is 10.5. The standard InChI is InChI=1S/C20H31N5O3/c21-17-5-8-25(18(26)23-17)16-3-1-14(2-4-16)13-24-9-6-20(7-10-24)11-15(12-20)22-19(27)28/h5,8,14-16,22H,1-4,6-7,9-13H2,(H,27,28)(H2,21,23,26). The van der Waals surface area contributed by atoms with E-state index in [0.29, 0.717) is 11.3 Å². The Balaban J connectivity index is 1.20. The van der Waals surface area contributed by atoms with Crippen LogP contribution in [0.1, 0.15) is 57.4 Å². The van der Waals surface area contributed by atoms with E-state index in [2.05, 4.69) is 15.2 Å². The number of nitrogens with zero attached hydrogens (tertiary/aromatic N) is 3. The third-order valence-corrected chi connectivity index (χ3v) is 7.18. The molecule has 28 heavy (non-hydrogen) atoms. The maximum atomic E-state index is 12.0. The van der Waals surface area contributed by atoms with Crippen molar-refractivity contribution in [1.29, 1.82) is 0 Å². The Morgan fingerprint density at radius 1 is 1.25 bits per heavy atom. The highest BCUT2D eigenvalue weighted by molar-refractivity contribution is 5.65. The third-order valence-electron chi connectivity index (χ3n) is 7.18. The Morgan fingerprint density at radius 2 is 1.93 bits per heavy atom. The molecule has 154 valence electrons. The van der Waals surface area contributed by atoms with Gasteiger partial charge in [-0.15, -0.1) is 0 Å². The van der Waals surface area contributed by atoms with E-state index in [9.17, 15) is 9.59 Å². The number of likely N-dealkylation sites (tertiary alicyclic amines) is 1. The molecule has 0 bridgehead atoms. The number of nitrogen functional groups attached to an aromatic ring is 1. The maximum Gasteiger partial charge on any atom is 0.404 e. The lowest BCUT2D eigenvalue weighted by atomic mass is 9.60. The van der Waals surface area contributed by atoms with Crippen LogP contribution in [-0.4, -0.2) is 51.3 Å². The van der Waals surface area contributed by atoms with Crippen molar-refractivity contribution in [3.05, 3.63) is 22.7 Å². The summed E-state index contributed by atoms with van der Waals surface area (Å²) in [6.45, 7) is 3.40. The number of hydrogen-bond donors (Lipinski definition) is 3. The van der Waals surface area contributed by atoms with Crippen LogP contribution in [0.25, 0.3) is 0 Å². The molecule has 1 amide bonds. The van der Waals surface area contributed by atoms with E-state index < -0.39 is 6.09 Å². The second-order valence-electron chi connectivity index (χ2n) is 9.07. The second-order valence-corrected chi connectivity index (χ2v) is 9.07. The minimum absolute atomic E-state index is 0.158. The minimum Gasteiger partial charge on any atom is -0.465 e. The van der Waals surface area contributed by atoms with Gasteiger partial charge in [0.15, 0.2) is 0 Å². The van der Waals surface area contributed by atoms with Crippen LogP contribution in [0.5, 0.6) is 0 Å². The molecule has 8 nitrogen and oxygen atoms in total. The summed E-state index contributed by atoms with van der Waals surface area (Å²) in [5.41, 5.74) is 5.73. The van der Waals surface area contributed by atoms with Crippen LogP contribution in [0.15, 0.2) is 17.1 Å². The smallest absolute Gasteiger partial charge is 0.404 e. The number of nitrogens with one attached hydrogen (secondary N) is 1. The van der Waals surface area contributed by atoms with Gasteiger partial charge in [0, 0.05) is 24.8 Å². The predicted octanol–water partition coefficient (Wildman–Crippen LogP) is 2.07. The Labute approximate surface area is 165 Å². The van der Waals surface area contributed by atoms with Crippen molar-refractivity contribution in [2.45, 2.75) is 63.5 Å². The van der Waals surface area contributed by atoms with E-state index in [1.54, 1.807) is 16.8 Å². The lowest BCUT2D eigenvalue weighted by molar-refractivity contribution is 0.00122. The van der Waals surface area contributed by atoms with E-state index in [4.69, 9.17) is 10.8 Å². The van der Waals surface area contributed by atoms with Gasteiger partial charge in [0.2, 0.25) is 0 Å². The van der Waals surface area contributed by atoms with Gasteiger partial charge in [-0.3, -0.25) is 4.57 Å². The average Bonchev–Trinajstić information content (AvgIpc) is 2.63. The third kappa shape index (κ3) is 4.16. The Morgan fingerprint density at radius 3 is 2.54 bits per heavy atom. The van der Waals surface area contributed by atoms with E-state index in [1.807, 2.05) is 0 Å². The number of carbonyl (C=O) groups is 1. The first kappa shape index (κ1) is 19.2. The fraction of sp³-hybridized carbons (Fsp3) is 0.750. The van der Waals surface area contributed by atoms with Crippen LogP contribution in [0.3, 0.4) is 0 Å². The van der Waals surface area contributed by atoms with Crippen LogP contribution in [-0.2, 0) is 0 Å². The molecular weight excluding hydrogens is 358 g/mol. The van der Waals surface area contributed by atoms with Crippen molar-refractivity contribution < 1.29 is 9.90 Å². The Kier molecular flexibility index (Phi) is 5.31. The van der Waals surface area contributed by atoms with Gasteiger partial charge in [0.1, 0.15) is 5.82 Å². The van der Waals surface area contributed by atoms with Crippen LogP contribution in [0.2, 0.25) is 0 Å². The second kappa shape index (κ2) is 7.73. The Bertz CT molecular complexity index is 755. The molecule has 0 aromatic carbocycles. The van der Waals surface area contributed by atoms with Gasteiger partial charge in [0.05, 0.1) is 0 Å². The number of anilines is 1. The highest BCUT2D eigenvalue weighted by Crippen LogP contribution is 2.49. The first-order chi connectivity index (χ1) is 13.4.